The molecule has 0 bridgehead atoms. The maximum absolute atomic E-state index is 11.1. The van der Waals surface area contributed by atoms with E-state index in [1.807, 2.05) is 48.7 Å². The number of thiophene rings is 1. The van der Waals surface area contributed by atoms with Gasteiger partial charge in [-0.15, -0.1) is 11.3 Å². The monoisotopic (exact) mass is 377 g/mol. The number of hydrogen-bond acceptors (Lipinski definition) is 4. The maximum atomic E-state index is 11.1. The summed E-state index contributed by atoms with van der Waals surface area (Å²) in [7, 11) is 1.63. The number of carbonyl (C=O) groups is 1. The molecule has 0 spiro atoms. The van der Waals surface area contributed by atoms with Crippen LogP contribution in [0.3, 0.4) is 0 Å². The minimum Gasteiger partial charge on any atom is -0.497 e. The Balaban J connectivity index is 2.14. The van der Waals surface area contributed by atoms with Crippen molar-refractivity contribution in [2.45, 2.75) is 19.8 Å². The second kappa shape index (κ2) is 8.07. The standard InChI is InChI=1S/C22H19NO3S/c1-14-11-15(12-23)3-9-19(14)21-17(6-10-20(24)25)13-27-22(21)16-4-7-18(26-2)8-5-16/h3-5,7-9,11,13H,6,10H2,1-2H3,(H,24,25). The normalized spacial score (nSPS) is 10.4. The van der Waals surface area contributed by atoms with Gasteiger partial charge in [0.1, 0.15) is 5.75 Å². The topological polar surface area (TPSA) is 70.3 Å². The highest BCUT2D eigenvalue weighted by molar-refractivity contribution is 7.14. The second-order valence-corrected chi connectivity index (χ2v) is 7.11. The summed E-state index contributed by atoms with van der Waals surface area (Å²) in [4.78, 5) is 12.2. The van der Waals surface area contributed by atoms with Crippen molar-refractivity contribution in [2.75, 3.05) is 7.11 Å². The highest BCUT2D eigenvalue weighted by atomic mass is 32.1. The first kappa shape index (κ1) is 18.7. The van der Waals surface area contributed by atoms with Gasteiger partial charge in [-0.3, -0.25) is 4.79 Å². The number of ether oxygens (including phenoxy) is 1. The van der Waals surface area contributed by atoms with Gasteiger partial charge in [0.05, 0.1) is 18.7 Å². The third kappa shape index (κ3) is 4.02. The Kier molecular flexibility index (Phi) is 5.58. The van der Waals surface area contributed by atoms with Crippen LogP contribution in [0.25, 0.3) is 21.6 Å². The highest BCUT2D eigenvalue weighted by Crippen LogP contribution is 2.42. The van der Waals surface area contributed by atoms with Crippen molar-refractivity contribution >= 4 is 17.3 Å². The number of benzene rings is 2. The predicted octanol–water partition coefficient (Wildman–Crippen LogP) is 5.29. The minimum atomic E-state index is -0.810. The molecular weight excluding hydrogens is 358 g/mol. The molecule has 27 heavy (non-hydrogen) atoms. The average Bonchev–Trinajstić information content (AvgIpc) is 3.10. The van der Waals surface area contributed by atoms with Crippen LogP contribution in [0.5, 0.6) is 5.75 Å². The minimum absolute atomic E-state index is 0.0844. The number of nitriles is 1. The van der Waals surface area contributed by atoms with Gasteiger partial charge in [-0.25, -0.2) is 0 Å². The molecule has 136 valence electrons. The Hall–Kier alpha value is -3.10. The van der Waals surface area contributed by atoms with E-state index in [9.17, 15) is 4.79 Å². The zero-order valence-electron chi connectivity index (χ0n) is 15.2. The lowest BCUT2D eigenvalue weighted by Crippen LogP contribution is -1.98. The summed E-state index contributed by atoms with van der Waals surface area (Å²) < 4.78 is 5.24. The molecule has 3 rings (SSSR count). The van der Waals surface area contributed by atoms with Gasteiger partial charge < -0.3 is 9.84 Å². The van der Waals surface area contributed by atoms with E-state index in [1.165, 1.54) is 0 Å². The van der Waals surface area contributed by atoms with E-state index in [0.29, 0.717) is 12.0 Å². The first-order valence-electron chi connectivity index (χ1n) is 8.51. The third-order valence-corrected chi connectivity index (χ3v) is 5.53. The van der Waals surface area contributed by atoms with Gasteiger partial charge >= 0.3 is 5.97 Å². The molecule has 5 heteroatoms. The van der Waals surface area contributed by atoms with Crippen molar-refractivity contribution < 1.29 is 14.6 Å². The molecule has 0 aliphatic rings. The molecule has 4 nitrogen and oxygen atoms in total. The van der Waals surface area contributed by atoms with Crippen molar-refractivity contribution in [1.82, 2.24) is 0 Å². The molecule has 0 aliphatic carbocycles. The van der Waals surface area contributed by atoms with E-state index in [-0.39, 0.29) is 6.42 Å². The lowest BCUT2D eigenvalue weighted by Gasteiger charge is -2.12. The smallest absolute Gasteiger partial charge is 0.303 e. The molecule has 0 radical (unpaired) electrons. The number of hydrogen-bond donors (Lipinski definition) is 1. The van der Waals surface area contributed by atoms with E-state index in [2.05, 4.69) is 6.07 Å². The van der Waals surface area contributed by atoms with Crippen molar-refractivity contribution in [3.05, 3.63) is 64.5 Å². The van der Waals surface area contributed by atoms with Gasteiger partial charge in [0.2, 0.25) is 0 Å². The molecule has 3 aromatic rings. The van der Waals surface area contributed by atoms with Crippen LogP contribution >= 0.6 is 11.3 Å². The lowest BCUT2D eigenvalue weighted by molar-refractivity contribution is -0.136. The third-order valence-electron chi connectivity index (χ3n) is 4.45. The van der Waals surface area contributed by atoms with Crippen molar-refractivity contribution in [2.24, 2.45) is 0 Å². The zero-order valence-corrected chi connectivity index (χ0v) is 16.0. The largest absolute Gasteiger partial charge is 0.497 e. The summed E-state index contributed by atoms with van der Waals surface area (Å²) in [5.74, 6) is -0.0211. The van der Waals surface area contributed by atoms with Gasteiger partial charge in [0.25, 0.3) is 0 Å². The van der Waals surface area contributed by atoms with Crippen molar-refractivity contribution in [3.63, 3.8) is 0 Å². The van der Waals surface area contributed by atoms with Crippen LogP contribution in [0.15, 0.2) is 47.8 Å². The fourth-order valence-electron chi connectivity index (χ4n) is 3.08. The summed E-state index contributed by atoms with van der Waals surface area (Å²) >= 11 is 1.61. The van der Waals surface area contributed by atoms with Crippen molar-refractivity contribution in [1.29, 1.82) is 5.26 Å². The molecule has 1 aromatic heterocycles. The van der Waals surface area contributed by atoms with Crippen LogP contribution in [0.4, 0.5) is 0 Å². The van der Waals surface area contributed by atoms with Gasteiger partial charge in [0, 0.05) is 16.9 Å². The number of aryl methyl sites for hydroxylation is 2. The Morgan fingerprint density at radius 2 is 1.96 bits per heavy atom. The molecule has 0 unspecified atom stereocenters. The lowest BCUT2D eigenvalue weighted by atomic mass is 9.92. The first-order chi connectivity index (χ1) is 13.0. The Labute approximate surface area is 162 Å². The molecule has 0 atom stereocenters. The van der Waals surface area contributed by atoms with E-state index in [1.54, 1.807) is 24.5 Å². The molecule has 0 saturated heterocycles. The van der Waals surface area contributed by atoms with Crippen LogP contribution in [0.1, 0.15) is 23.1 Å². The summed E-state index contributed by atoms with van der Waals surface area (Å²) in [5, 5.41) is 20.3. The number of rotatable bonds is 6. The number of carboxylic acid groups (broad SMARTS) is 1. The molecule has 2 aromatic carbocycles. The van der Waals surface area contributed by atoms with Crippen LogP contribution in [-0.4, -0.2) is 18.2 Å². The fraction of sp³-hybridized carbons (Fsp3) is 0.182. The summed E-state index contributed by atoms with van der Waals surface area (Å²) in [6, 6.07) is 15.6. The number of carboxylic acids is 1. The number of aliphatic carboxylic acids is 1. The molecular formula is C22H19NO3S. The maximum Gasteiger partial charge on any atom is 0.303 e. The molecule has 1 N–H and O–H groups in total. The van der Waals surface area contributed by atoms with Crippen LogP contribution in [-0.2, 0) is 11.2 Å². The van der Waals surface area contributed by atoms with E-state index in [4.69, 9.17) is 15.1 Å². The quantitative estimate of drug-likeness (QED) is 0.634. The average molecular weight is 377 g/mol. The van der Waals surface area contributed by atoms with Crippen molar-refractivity contribution in [3.8, 4) is 33.4 Å². The number of methoxy groups -OCH3 is 1. The van der Waals surface area contributed by atoms with E-state index >= 15 is 0 Å². The fourth-order valence-corrected chi connectivity index (χ4v) is 4.21. The molecule has 0 aliphatic heterocycles. The van der Waals surface area contributed by atoms with Gasteiger partial charge in [-0.05, 0) is 77.4 Å². The Morgan fingerprint density at radius 3 is 2.56 bits per heavy atom. The summed E-state index contributed by atoms with van der Waals surface area (Å²) in [6.07, 6.45) is 0.553. The van der Waals surface area contributed by atoms with E-state index in [0.717, 1.165) is 38.4 Å². The second-order valence-electron chi connectivity index (χ2n) is 6.23. The predicted molar refractivity (Wildman–Crippen MR) is 107 cm³/mol. The SMILES string of the molecule is COc1ccc(-c2scc(CCC(=O)O)c2-c2ccc(C#N)cc2C)cc1. The first-order valence-corrected chi connectivity index (χ1v) is 9.39. The van der Waals surface area contributed by atoms with Gasteiger partial charge in [0.15, 0.2) is 0 Å². The molecule has 0 fully saturated rings. The van der Waals surface area contributed by atoms with Gasteiger partial charge in [-0.1, -0.05) is 6.07 Å². The molecule has 1 heterocycles. The summed E-state index contributed by atoms with van der Waals surface area (Å²) in [5.41, 5.74) is 5.76. The molecule has 0 amide bonds. The highest BCUT2D eigenvalue weighted by Gasteiger charge is 2.18. The Bertz CT molecular complexity index is 1010. The van der Waals surface area contributed by atoms with Gasteiger partial charge in [-0.2, -0.15) is 5.26 Å². The summed E-state index contributed by atoms with van der Waals surface area (Å²) in [6.45, 7) is 1.98. The van der Waals surface area contributed by atoms with E-state index < -0.39 is 5.97 Å². The van der Waals surface area contributed by atoms with Crippen LogP contribution in [0, 0.1) is 18.3 Å². The van der Waals surface area contributed by atoms with Crippen LogP contribution < -0.4 is 4.74 Å². The number of nitrogens with zero attached hydrogens (tertiary/aromatic N) is 1. The Morgan fingerprint density at radius 1 is 1.22 bits per heavy atom. The zero-order chi connectivity index (χ0) is 19.4. The van der Waals surface area contributed by atoms with Crippen LogP contribution in [0.2, 0.25) is 0 Å². The molecule has 0 saturated carbocycles.